The van der Waals surface area contributed by atoms with E-state index in [1.807, 2.05) is 17.9 Å². The van der Waals surface area contributed by atoms with Gasteiger partial charge in [-0.05, 0) is 50.6 Å². The normalized spacial score (nSPS) is 20.8. The van der Waals surface area contributed by atoms with Crippen molar-refractivity contribution in [3.8, 4) is 0 Å². The van der Waals surface area contributed by atoms with Gasteiger partial charge in [0.15, 0.2) is 0 Å². The monoisotopic (exact) mass is 265 g/mol. The molecule has 2 atom stereocenters. The second-order valence-electron chi connectivity index (χ2n) is 5.60. The summed E-state index contributed by atoms with van der Waals surface area (Å²) in [5.74, 6) is 0.751. The lowest BCUT2D eigenvalue weighted by atomic mass is 9.95. The lowest BCUT2D eigenvalue weighted by Crippen LogP contribution is -2.32. The summed E-state index contributed by atoms with van der Waals surface area (Å²) >= 11 is 0. The number of nitrogens with one attached hydrogen (secondary N) is 1. The molecule has 2 rings (SSSR count). The van der Waals surface area contributed by atoms with Gasteiger partial charge in [0.2, 0.25) is 0 Å². The van der Waals surface area contributed by atoms with Crippen molar-refractivity contribution in [1.82, 2.24) is 15.1 Å². The highest BCUT2D eigenvalue weighted by molar-refractivity contribution is 5.00. The van der Waals surface area contributed by atoms with Crippen LogP contribution in [0, 0.1) is 5.92 Å². The summed E-state index contributed by atoms with van der Waals surface area (Å²) in [5.41, 5.74) is 1.32. The van der Waals surface area contributed by atoms with Crippen molar-refractivity contribution in [1.29, 1.82) is 0 Å². The fourth-order valence-electron chi connectivity index (χ4n) is 2.79. The quantitative estimate of drug-likeness (QED) is 0.783. The molecule has 0 spiro atoms. The van der Waals surface area contributed by atoms with Crippen LogP contribution in [0.3, 0.4) is 0 Å². The Morgan fingerprint density at radius 2 is 2.47 bits per heavy atom. The minimum absolute atomic E-state index is 0.613. The zero-order valence-electron chi connectivity index (χ0n) is 12.3. The Kier molecular flexibility index (Phi) is 5.86. The molecule has 1 aliphatic heterocycles. The van der Waals surface area contributed by atoms with Gasteiger partial charge in [0.1, 0.15) is 0 Å². The molecule has 0 amide bonds. The third-order valence-corrected chi connectivity index (χ3v) is 4.00. The predicted molar refractivity (Wildman–Crippen MR) is 77.2 cm³/mol. The highest BCUT2D eigenvalue weighted by Crippen LogP contribution is 2.20. The number of rotatable bonds is 8. The molecule has 4 nitrogen and oxygen atoms in total. The van der Waals surface area contributed by atoms with E-state index in [1.54, 1.807) is 0 Å². The zero-order valence-corrected chi connectivity index (χ0v) is 12.3. The number of aryl methyl sites for hydroxylation is 2. The van der Waals surface area contributed by atoms with Gasteiger partial charge in [0, 0.05) is 38.2 Å². The van der Waals surface area contributed by atoms with Crippen molar-refractivity contribution < 1.29 is 4.74 Å². The molecule has 1 aromatic heterocycles. The summed E-state index contributed by atoms with van der Waals surface area (Å²) in [6.07, 6.45) is 7.85. The van der Waals surface area contributed by atoms with E-state index in [2.05, 4.69) is 23.4 Å². The largest absolute Gasteiger partial charge is 0.381 e. The molecular weight excluding hydrogens is 238 g/mol. The summed E-state index contributed by atoms with van der Waals surface area (Å²) in [7, 11) is 2.02. The Labute approximate surface area is 116 Å². The molecule has 19 heavy (non-hydrogen) atoms. The van der Waals surface area contributed by atoms with E-state index in [1.165, 1.54) is 31.4 Å². The molecule has 0 radical (unpaired) electrons. The maximum Gasteiger partial charge on any atom is 0.0495 e. The van der Waals surface area contributed by atoms with Gasteiger partial charge in [-0.1, -0.05) is 6.92 Å². The van der Waals surface area contributed by atoms with Crippen molar-refractivity contribution in [3.63, 3.8) is 0 Å². The summed E-state index contributed by atoms with van der Waals surface area (Å²) < 4.78 is 7.47. The fourth-order valence-corrected chi connectivity index (χ4v) is 2.79. The average Bonchev–Trinajstić information content (AvgIpc) is 3.04. The molecule has 0 aromatic carbocycles. The van der Waals surface area contributed by atoms with Gasteiger partial charge in [-0.15, -0.1) is 0 Å². The van der Waals surface area contributed by atoms with E-state index in [0.29, 0.717) is 6.04 Å². The highest BCUT2D eigenvalue weighted by atomic mass is 16.5. The molecule has 1 aromatic rings. The van der Waals surface area contributed by atoms with Gasteiger partial charge in [-0.2, -0.15) is 5.10 Å². The van der Waals surface area contributed by atoms with Crippen molar-refractivity contribution in [2.24, 2.45) is 13.0 Å². The van der Waals surface area contributed by atoms with Gasteiger partial charge < -0.3 is 10.1 Å². The second kappa shape index (κ2) is 7.65. The number of ether oxygens (including phenoxy) is 1. The van der Waals surface area contributed by atoms with Crippen LogP contribution >= 0.6 is 0 Å². The smallest absolute Gasteiger partial charge is 0.0495 e. The Bertz CT molecular complexity index is 358. The molecule has 1 saturated heterocycles. The van der Waals surface area contributed by atoms with Crippen LogP contribution in [0.15, 0.2) is 12.3 Å². The van der Waals surface area contributed by atoms with Crippen LogP contribution in [0.5, 0.6) is 0 Å². The zero-order chi connectivity index (χ0) is 13.5. The van der Waals surface area contributed by atoms with Crippen LogP contribution in [0.2, 0.25) is 0 Å². The van der Waals surface area contributed by atoms with Crippen LogP contribution in [0.1, 0.15) is 38.3 Å². The third kappa shape index (κ3) is 4.62. The molecule has 2 heterocycles. The Balaban J connectivity index is 1.80. The van der Waals surface area contributed by atoms with Crippen LogP contribution in [0.25, 0.3) is 0 Å². The maximum atomic E-state index is 5.49. The fraction of sp³-hybridized carbons (Fsp3) is 0.800. The van der Waals surface area contributed by atoms with Crippen molar-refractivity contribution in [2.75, 3.05) is 19.8 Å². The Morgan fingerprint density at radius 1 is 1.58 bits per heavy atom. The SMILES string of the molecule is CCCNC(CCc1ccnn1C)CC1CCOC1. The standard InChI is InChI=1S/C15H27N3O/c1-3-8-16-14(11-13-7-10-19-12-13)4-5-15-6-9-17-18(15)2/h6,9,13-14,16H,3-5,7-8,10-12H2,1-2H3. The molecule has 1 fully saturated rings. The van der Waals surface area contributed by atoms with E-state index >= 15 is 0 Å². The van der Waals surface area contributed by atoms with Gasteiger partial charge >= 0.3 is 0 Å². The first-order chi connectivity index (χ1) is 9.29. The molecule has 0 saturated carbocycles. The molecule has 2 unspecified atom stereocenters. The number of aromatic nitrogens is 2. The molecule has 1 aliphatic rings. The summed E-state index contributed by atoms with van der Waals surface area (Å²) in [6.45, 7) is 5.25. The first-order valence-corrected chi connectivity index (χ1v) is 7.57. The lowest BCUT2D eigenvalue weighted by Gasteiger charge is -2.21. The second-order valence-corrected chi connectivity index (χ2v) is 5.60. The minimum Gasteiger partial charge on any atom is -0.381 e. The molecule has 4 heteroatoms. The molecule has 108 valence electrons. The van der Waals surface area contributed by atoms with Crippen molar-refractivity contribution in [2.45, 2.75) is 45.1 Å². The van der Waals surface area contributed by atoms with Crippen LogP contribution in [0.4, 0.5) is 0 Å². The average molecular weight is 265 g/mol. The topological polar surface area (TPSA) is 39.1 Å². The predicted octanol–water partition coefficient (Wildman–Crippen LogP) is 2.15. The molecule has 0 aliphatic carbocycles. The summed E-state index contributed by atoms with van der Waals surface area (Å²) in [4.78, 5) is 0. The number of hydrogen-bond donors (Lipinski definition) is 1. The number of nitrogens with zero attached hydrogens (tertiary/aromatic N) is 2. The molecule has 1 N–H and O–H groups in total. The first-order valence-electron chi connectivity index (χ1n) is 7.57. The van der Waals surface area contributed by atoms with Gasteiger partial charge in [-0.25, -0.2) is 0 Å². The van der Waals surface area contributed by atoms with E-state index < -0.39 is 0 Å². The Hall–Kier alpha value is -0.870. The maximum absolute atomic E-state index is 5.49. The number of hydrogen-bond acceptors (Lipinski definition) is 3. The van der Waals surface area contributed by atoms with Crippen LogP contribution < -0.4 is 5.32 Å². The van der Waals surface area contributed by atoms with E-state index in [0.717, 1.165) is 32.1 Å². The minimum atomic E-state index is 0.613. The van der Waals surface area contributed by atoms with Gasteiger partial charge in [0.05, 0.1) is 0 Å². The lowest BCUT2D eigenvalue weighted by molar-refractivity contribution is 0.181. The van der Waals surface area contributed by atoms with E-state index in [4.69, 9.17) is 4.74 Å². The van der Waals surface area contributed by atoms with E-state index in [9.17, 15) is 0 Å². The molecular formula is C15H27N3O. The highest BCUT2D eigenvalue weighted by Gasteiger charge is 2.20. The molecule has 0 bridgehead atoms. The van der Waals surface area contributed by atoms with Gasteiger partial charge in [-0.3, -0.25) is 4.68 Å². The Morgan fingerprint density at radius 3 is 3.11 bits per heavy atom. The van der Waals surface area contributed by atoms with Crippen LogP contribution in [-0.4, -0.2) is 35.6 Å². The summed E-state index contributed by atoms with van der Waals surface area (Å²) in [6, 6.07) is 2.73. The first kappa shape index (κ1) is 14.5. The van der Waals surface area contributed by atoms with Gasteiger partial charge in [0.25, 0.3) is 0 Å². The van der Waals surface area contributed by atoms with E-state index in [-0.39, 0.29) is 0 Å². The summed E-state index contributed by atoms with van der Waals surface area (Å²) in [5, 5.41) is 7.93. The third-order valence-electron chi connectivity index (χ3n) is 4.00. The van der Waals surface area contributed by atoms with Crippen molar-refractivity contribution >= 4 is 0 Å². The van der Waals surface area contributed by atoms with Crippen molar-refractivity contribution in [3.05, 3.63) is 18.0 Å². The van der Waals surface area contributed by atoms with Crippen LogP contribution in [-0.2, 0) is 18.2 Å².